The number of anilines is 1. The second-order valence-electron chi connectivity index (χ2n) is 8.11. The summed E-state index contributed by atoms with van der Waals surface area (Å²) in [5.41, 5.74) is 4.49. The fourth-order valence-electron chi connectivity index (χ4n) is 4.73. The van der Waals surface area contributed by atoms with Gasteiger partial charge in [-0.15, -0.1) is 0 Å². The molecule has 4 heteroatoms. The third-order valence-electron chi connectivity index (χ3n) is 6.14. The SMILES string of the molecule is CC1=NN(c2ccccc2)C(=O)C1=c1c2cccc3cccc(c32)n1Cc1ccccc1. The van der Waals surface area contributed by atoms with E-state index in [0.717, 1.165) is 27.7 Å². The fraction of sp³-hybridized carbons (Fsp3) is 0.0714. The quantitative estimate of drug-likeness (QED) is 0.402. The Balaban J connectivity index is 1.68. The minimum absolute atomic E-state index is 0.0911. The first-order valence-electron chi connectivity index (χ1n) is 10.8. The zero-order chi connectivity index (χ0) is 21.7. The molecule has 0 atom stereocenters. The van der Waals surface area contributed by atoms with Crippen LogP contribution < -0.4 is 10.4 Å². The molecule has 0 radical (unpaired) electrons. The normalized spacial score (nSPS) is 15.7. The first-order chi connectivity index (χ1) is 15.7. The Morgan fingerprint density at radius 3 is 2.22 bits per heavy atom. The molecule has 32 heavy (non-hydrogen) atoms. The average Bonchev–Trinajstić information content (AvgIpc) is 3.30. The van der Waals surface area contributed by atoms with E-state index < -0.39 is 0 Å². The van der Waals surface area contributed by atoms with Gasteiger partial charge < -0.3 is 4.57 Å². The van der Waals surface area contributed by atoms with E-state index in [1.165, 1.54) is 21.3 Å². The van der Waals surface area contributed by atoms with Gasteiger partial charge in [-0.05, 0) is 36.1 Å². The van der Waals surface area contributed by atoms with Crippen LogP contribution in [0.5, 0.6) is 0 Å². The van der Waals surface area contributed by atoms with E-state index in [2.05, 4.69) is 70.3 Å². The van der Waals surface area contributed by atoms with Crippen LogP contribution in [0.15, 0.2) is 102 Å². The van der Waals surface area contributed by atoms with Gasteiger partial charge in [0.25, 0.3) is 5.91 Å². The highest BCUT2D eigenvalue weighted by molar-refractivity contribution is 6.48. The standard InChI is InChI=1S/C28H21N3O/c1-19-25(28(32)31(29-19)22-14-6-3-7-15-22)27-23-16-8-12-21-13-9-17-24(26(21)23)30(27)18-20-10-4-2-5-11-20/h2-17H,18H2,1H3. The molecule has 0 aliphatic carbocycles. The molecule has 1 aromatic heterocycles. The minimum Gasteiger partial charge on any atom is -0.335 e. The Hall–Kier alpha value is -4.18. The molecule has 0 bridgehead atoms. The minimum atomic E-state index is -0.0911. The van der Waals surface area contributed by atoms with E-state index in [1.54, 1.807) is 0 Å². The number of rotatable bonds is 3. The monoisotopic (exact) mass is 415 g/mol. The van der Waals surface area contributed by atoms with Crippen LogP contribution in [0.25, 0.3) is 27.2 Å². The molecule has 0 N–H and O–H groups in total. The number of para-hydroxylation sites is 1. The maximum Gasteiger partial charge on any atom is 0.282 e. The van der Waals surface area contributed by atoms with Crippen molar-refractivity contribution in [2.45, 2.75) is 13.5 Å². The summed E-state index contributed by atoms with van der Waals surface area (Å²) in [4.78, 5) is 13.7. The molecule has 1 amide bonds. The van der Waals surface area contributed by atoms with Crippen LogP contribution >= 0.6 is 0 Å². The summed E-state index contributed by atoms with van der Waals surface area (Å²) in [7, 11) is 0. The molecule has 154 valence electrons. The zero-order valence-electron chi connectivity index (χ0n) is 17.7. The first kappa shape index (κ1) is 18.6. The van der Waals surface area contributed by atoms with Crippen LogP contribution in [0, 0.1) is 0 Å². The van der Waals surface area contributed by atoms with Gasteiger partial charge in [0.2, 0.25) is 0 Å². The number of carbonyl (C=O) groups is 1. The third kappa shape index (κ3) is 2.77. The number of aromatic nitrogens is 1. The van der Waals surface area contributed by atoms with Crippen molar-refractivity contribution in [2.24, 2.45) is 5.10 Å². The van der Waals surface area contributed by atoms with Gasteiger partial charge in [0.05, 0.1) is 27.8 Å². The lowest BCUT2D eigenvalue weighted by Crippen LogP contribution is -2.29. The Morgan fingerprint density at radius 2 is 1.47 bits per heavy atom. The van der Waals surface area contributed by atoms with Crippen LogP contribution in [-0.4, -0.2) is 16.2 Å². The summed E-state index contributed by atoms with van der Waals surface area (Å²) in [6.07, 6.45) is 0. The second kappa shape index (κ2) is 7.20. The summed E-state index contributed by atoms with van der Waals surface area (Å²) in [6.45, 7) is 2.60. The van der Waals surface area contributed by atoms with Crippen molar-refractivity contribution in [3.8, 4) is 0 Å². The van der Waals surface area contributed by atoms with Crippen molar-refractivity contribution >= 4 is 44.6 Å². The third-order valence-corrected chi connectivity index (χ3v) is 6.14. The topological polar surface area (TPSA) is 37.6 Å². The molecule has 0 saturated carbocycles. The number of hydrazone groups is 1. The zero-order valence-corrected chi connectivity index (χ0v) is 17.7. The Labute approximate surface area is 185 Å². The van der Waals surface area contributed by atoms with Gasteiger partial charge in [0.15, 0.2) is 0 Å². The van der Waals surface area contributed by atoms with Crippen molar-refractivity contribution in [1.29, 1.82) is 0 Å². The molecular weight excluding hydrogens is 394 g/mol. The van der Waals surface area contributed by atoms with Crippen molar-refractivity contribution in [1.82, 2.24) is 4.57 Å². The smallest absolute Gasteiger partial charge is 0.282 e. The summed E-state index contributed by atoms with van der Waals surface area (Å²) >= 11 is 0. The van der Waals surface area contributed by atoms with Crippen LogP contribution in [0.4, 0.5) is 5.69 Å². The summed E-state index contributed by atoms with van der Waals surface area (Å²) in [5, 5.41) is 10.5. The number of benzene rings is 4. The van der Waals surface area contributed by atoms with Gasteiger partial charge in [-0.1, -0.05) is 78.9 Å². The molecule has 4 nitrogen and oxygen atoms in total. The van der Waals surface area contributed by atoms with Gasteiger partial charge in [-0.2, -0.15) is 10.1 Å². The molecule has 0 fully saturated rings. The second-order valence-corrected chi connectivity index (χ2v) is 8.11. The van der Waals surface area contributed by atoms with E-state index in [4.69, 9.17) is 0 Å². The van der Waals surface area contributed by atoms with Gasteiger partial charge in [0.1, 0.15) is 0 Å². The maximum absolute atomic E-state index is 13.7. The number of hydrogen-bond acceptors (Lipinski definition) is 2. The first-order valence-corrected chi connectivity index (χ1v) is 10.8. The highest BCUT2D eigenvalue weighted by Crippen LogP contribution is 2.29. The lowest BCUT2D eigenvalue weighted by molar-refractivity contribution is -0.112. The molecule has 0 saturated heterocycles. The van der Waals surface area contributed by atoms with E-state index in [-0.39, 0.29) is 5.91 Å². The van der Waals surface area contributed by atoms with Gasteiger partial charge in [-0.3, -0.25) is 4.79 Å². The van der Waals surface area contributed by atoms with Crippen LogP contribution in [-0.2, 0) is 11.3 Å². The van der Waals surface area contributed by atoms with E-state index in [1.807, 2.05) is 43.3 Å². The Bertz CT molecular complexity index is 1560. The average molecular weight is 415 g/mol. The fourth-order valence-corrected chi connectivity index (χ4v) is 4.73. The molecule has 2 heterocycles. The number of amides is 1. The van der Waals surface area contributed by atoms with Crippen molar-refractivity contribution < 1.29 is 4.79 Å². The number of hydrogen-bond donors (Lipinski definition) is 0. The molecule has 0 unspecified atom stereocenters. The Morgan fingerprint density at radius 1 is 0.781 bits per heavy atom. The molecule has 1 aliphatic heterocycles. The molecule has 0 spiro atoms. The van der Waals surface area contributed by atoms with E-state index in [0.29, 0.717) is 12.1 Å². The highest BCUT2D eigenvalue weighted by atomic mass is 16.2. The van der Waals surface area contributed by atoms with Gasteiger partial charge in [0, 0.05) is 17.3 Å². The van der Waals surface area contributed by atoms with Gasteiger partial charge >= 0.3 is 0 Å². The predicted molar refractivity (Wildman–Crippen MR) is 131 cm³/mol. The molecule has 5 aromatic rings. The summed E-state index contributed by atoms with van der Waals surface area (Å²) in [5.74, 6) is -0.0911. The predicted octanol–water partition coefficient (Wildman–Crippen LogP) is 5.14. The van der Waals surface area contributed by atoms with Crippen LogP contribution in [0.3, 0.4) is 0 Å². The molecular formula is C28H21N3O. The lowest BCUT2D eigenvalue weighted by atomic mass is 10.1. The summed E-state index contributed by atoms with van der Waals surface area (Å²) in [6, 6.07) is 32.7. The van der Waals surface area contributed by atoms with E-state index in [9.17, 15) is 4.79 Å². The van der Waals surface area contributed by atoms with Crippen molar-refractivity contribution in [3.63, 3.8) is 0 Å². The highest BCUT2D eigenvalue weighted by Gasteiger charge is 2.31. The van der Waals surface area contributed by atoms with Gasteiger partial charge in [-0.25, -0.2) is 0 Å². The van der Waals surface area contributed by atoms with Crippen LogP contribution in [0.1, 0.15) is 12.5 Å². The van der Waals surface area contributed by atoms with E-state index >= 15 is 0 Å². The Kier molecular flexibility index (Phi) is 4.18. The number of nitrogens with zero attached hydrogens (tertiary/aromatic N) is 3. The van der Waals surface area contributed by atoms with Crippen molar-refractivity contribution in [3.05, 3.63) is 108 Å². The molecule has 6 rings (SSSR count). The van der Waals surface area contributed by atoms with Crippen LogP contribution in [0.2, 0.25) is 0 Å². The maximum atomic E-state index is 13.7. The largest absolute Gasteiger partial charge is 0.335 e. The van der Waals surface area contributed by atoms with Crippen molar-refractivity contribution in [2.75, 3.05) is 5.01 Å². The summed E-state index contributed by atoms with van der Waals surface area (Å²) < 4.78 is 2.27. The lowest BCUT2D eigenvalue weighted by Gasteiger charge is -2.12. The molecule has 4 aromatic carbocycles. The number of carbonyl (C=O) groups excluding carboxylic acids is 1. The molecule has 1 aliphatic rings.